The molecule has 1 aliphatic carbocycles. The van der Waals surface area contributed by atoms with Gasteiger partial charge >= 0.3 is 5.97 Å². The number of hydrogen-bond acceptors (Lipinski definition) is 4. The summed E-state index contributed by atoms with van der Waals surface area (Å²) in [6.07, 6.45) is 3.10. The molecule has 0 amide bonds. The number of ether oxygens (including phenoxy) is 1. The molecule has 3 aromatic rings. The van der Waals surface area contributed by atoms with E-state index in [1.165, 1.54) is 11.1 Å². The van der Waals surface area contributed by atoms with E-state index in [2.05, 4.69) is 57.2 Å². The molecule has 5 heteroatoms. The number of carbonyl (C=O) groups is 1. The van der Waals surface area contributed by atoms with E-state index in [0.717, 1.165) is 41.2 Å². The van der Waals surface area contributed by atoms with E-state index in [9.17, 15) is 9.90 Å². The van der Waals surface area contributed by atoms with Crippen LogP contribution < -0.4 is 4.74 Å². The van der Waals surface area contributed by atoms with Crippen LogP contribution in [-0.2, 0) is 23.1 Å². The minimum Gasteiger partial charge on any atom is -0.493 e. The zero-order valence-electron chi connectivity index (χ0n) is 20.9. The number of carboxylic acids is 1. The molecule has 5 nitrogen and oxygen atoms in total. The Labute approximate surface area is 202 Å². The van der Waals surface area contributed by atoms with Gasteiger partial charge in [-0.25, -0.2) is 4.98 Å². The Balaban J connectivity index is 1.38. The molecule has 2 aromatic carbocycles. The normalized spacial score (nSPS) is 16.3. The number of oxazole rings is 1. The fourth-order valence-corrected chi connectivity index (χ4v) is 4.93. The van der Waals surface area contributed by atoms with Crippen LogP contribution in [0.2, 0.25) is 0 Å². The Bertz CT molecular complexity index is 1150. The van der Waals surface area contributed by atoms with Gasteiger partial charge in [-0.3, -0.25) is 4.79 Å². The average Bonchev–Trinajstić information content (AvgIpc) is 3.37. The second kappa shape index (κ2) is 9.65. The van der Waals surface area contributed by atoms with E-state index in [4.69, 9.17) is 14.1 Å². The molecule has 0 radical (unpaired) electrons. The van der Waals surface area contributed by atoms with Crippen LogP contribution in [0.1, 0.15) is 74.6 Å². The highest BCUT2D eigenvalue weighted by Gasteiger charge is 2.33. The highest BCUT2D eigenvalue weighted by atomic mass is 16.5. The van der Waals surface area contributed by atoms with E-state index in [1.54, 1.807) is 0 Å². The predicted octanol–water partition coefficient (Wildman–Crippen LogP) is 6.71. The van der Waals surface area contributed by atoms with Crippen LogP contribution in [0, 0.1) is 12.8 Å². The van der Waals surface area contributed by atoms with Crippen molar-refractivity contribution in [3.05, 3.63) is 70.6 Å². The average molecular weight is 462 g/mol. The first-order valence-electron chi connectivity index (χ1n) is 12.2. The van der Waals surface area contributed by atoms with Gasteiger partial charge in [-0.2, -0.15) is 0 Å². The molecule has 0 fully saturated rings. The molecular weight excluding hydrogens is 426 g/mol. The van der Waals surface area contributed by atoms with Crippen molar-refractivity contribution in [1.82, 2.24) is 4.98 Å². The lowest BCUT2D eigenvalue weighted by Gasteiger charge is -2.19. The molecule has 0 bridgehead atoms. The second-order valence-electron chi connectivity index (χ2n) is 10.3. The van der Waals surface area contributed by atoms with Gasteiger partial charge in [0.1, 0.15) is 11.5 Å². The summed E-state index contributed by atoms with van der Waals surface area (Å²) < 4.78 is 12.0. The smallest absolute Gasteiger partial charge is 0.307 e. The van der Waals surface area contributed by atoms with Crippen molar-refractivity contribution in [2.75, 3.05) is 6.61 Å². The number of nitrogens with zero attached hydrogens (tertiary/aromatic N) is 1. The summed E-state index contributed by atoms with van der Waals surface area (Å²) in [4.78, 5) is 16.3. The van der Waals surface area contributed by atoms with Crippen molar-refractivity contribution in [3.63, 3.8) is 0 Å². The molecule has 2 atom stereocenters. The first kappa shape index (κ1) is 24.1. The van der Waals surface area contributed by atoms with Crippen LogP contribution in [0.25, 0.3) is 11.5 Å². The van der Waals surface area contributed by atoms with Gasteiger partial charge in [0, 0.05) is 12.0 Å². The maximum Gasteiger partial charge on any atom is 0.307 e. The number of rotatable bonds is 8. The predicted molar refractivity (Wildman–Crippen MR) is 133 cm³/mol. The molecule has 1 aliphatic rings. The van der Waals surface area contributed by atoms with Gasteiger partial charge in [0.15, 0.2) is 0 Å². The molecule has 0 aliphatic heterocycles. The molecule has 2 unspecified atom stereocenters. The fraction of sp³-hybridized carbons (Fsp3) is 0.448. The molecule has 0 spiro atoms. The zero-order chi connectivity index (χ0) is 24.5. The minimum atomic E-state index is -0.701. The number of carboxylic acid groups (broad SMARTS) is 1. The summed E-state index contributed by atoms with van der Waals surface area (Å²) in [5, 5.41) is 9.54. The number of aromatic nitrogens is 1. The molecule has 1 heterocycles. The lowest BCUT2D eigenvalue weighted by molar-refractivity contribution is -0.142. The Morgan fingerprint density at radius 2 is 1.94 bits per heavy atom. The van der Waals surface area contributed by atoms with Crippen LogP contribution in [0.3, 0.4) is 0 Å². The summed E-state index contributed by atoms with van der Waals surface area (Å²) in [6, 6.07) is 14.5. The molecule has 0 saturated heterocycles. The largest absolute Gasteiger partial charge is 0.493 e. The maximum absolute atomic E-state index is 11.6. The SMILES string of the molecule is CCC(C(=O)O)C1CCc2cc(OCCc3nc(-c4ccc(C(C)(C)C)cc4)oc3C)ccc21. The van der Waals surface area contributed by atoms with Crippen LogP contribution in [0.5, 0.6) is 5.75 Å². The molecular formula is C29H35NO4. The quantitative estimate of drug-likeness (QED) is 0.404. The third-order valence-corrected chi connectivity index (χ3v) is 6.98. The number of hydrogen-bond donors (Lipinski definition) is 1. The standard InChI is InChI=1S/C29H35NO4/c1-6-23(28(31)32)25-13-9-20-17-22(12-14-24(20)25)33-16-15-26-18(2)34-27(30-26)19-7-10-21(11-8-19)29(3,4)5/h7-8,10-12,14,17,23,25H,6,9,13,15-16H2,1-5H3,(H,31,32). The van der Waals surface area contributed by atoms with Crippen molar-refractivity contribution < 1.29 is 19.1 Å². The van der Waals surface area contributed by atoms with Gasteiger partial charge in [0.2, 0.25) is 5.89 Å². The lowest BCUT2D eigenvalue weighted by atomic mass is 9.85. The fourth-order valence-electron chi connectivity index (χ4n) is 4.93. The third-order valence-electron chi connectivity index (χ3n) is 6.98. The first-order valence-corrected chi connectivity index (χ1v) is 12.2. The Hall–Kier alpha value is -3.08. The molecule has 180 valence electrons. The number of aryl methyl sites for hydroxylation is 2. The summed E-state index contributed by atoms with van der Waals surface area (Å²) in [5.41, 5.74) is 5.64. The van der Waals surface area contributed by atoms with E-state index >= 15 is 0 Å². The van der Waals surface area contributed by atoms with Gasteiger partial charge in [-0.1, -0.05) is 45.9 Å². The van der Waals surface area contributed by atoms with Crippen molar-refractivity contribution in [3.8, 4) is 17.2 Å². The van der Waals surface area contributed by atoms with Crippen LogP contribution in [-0.4, -0.2) is 22.7 Å². The van der Waals surface area contributed by atoms with Gasteiger partial charge in [0.05, 0.1) is 18.2 Å². The summed E-state index contributed by atoms with van der Waals surface area (Å²) >= 11 is 0. The van der Waals surface area contributed by atoms with E-state index in [0.29, 0.717) is 25.3 Å². The highest BCUT2D eigenvalue weighted by molar-refractivity contribution is 5.72. The van der Waals surface area contributed by atoms with Crippen LogP contribution in [0.4, 0.5) is 0 Å². The minimum absolute atomic E-state index is 0.0974. The number of fused-ring (bicyclic) bond motifs is 1. The molecule has 4 rings (SSSR count). The second-order valence-corrected chi connectivity index (χ2v) is 10.3. The molecule has 0 saturated carbocycles. The third kappa shape index (κ3) is 5.03. The van der Waals surface area contributed by atoms with Gasteiger partial charge in [-0.05, 0) is 78.5 Å². The number of benzene rings is 2. The van der Waals surface area contributed by atoms with Gasteiger partial charge in [0.25, 0.3) is 0 Å². The lowest BCUT2D eigenvalue weighted by Crippen LogP contribution is -2.19. The summed E-state index contributed by atoms with van der Waals surface area (Å²) in [5.74, 6) is 1.35. The Morgan fingerprint density at radius 3 is 2.59 bits per heavy atom. The topological polar surface area (TPSA) is 72.6 Å². The van der Waals surface area contributed by atoms with E-state index < -0.39 is 5.97 Å². The van der Waals surface area contributed by atoms with E-state index in [-0.39, 0.29) is 17.3 Å². The van der Waals surface area contributed by atoms with Crippen molar-refractivity contribution >= 4 is 5.97 Å². The Morgan fingerprint density at radius 1 is 1.21 bits per heavy atom. The molecule has 1 aromatic heterocycles. The van der Waals surface area contributed by atoms with Crippen molar-refractivity contribution in [1.29, 1.82) is 0 Å². The molecule has 34 heavy (non-hydrogen) atoms. The van der Waals surface area contributed by atoms with Crippen molar-refractivity contribution in [2.24, 2.45) is 5.92 Å². The highest BCUT2D eigenvalue weighted by Crippen LogP contribution is 2.41. The van der Waals surface area contributed by atoms with Crippen molar-refractivity contribution in [2.45, 2.75) is 71.6 Å². The zero-order valence-corrected chi connectivity index (χ0v) is 20.9. The monoisotopic (exact) mass is 461 g/mol. The van der Waals surface area contributed by atoms with E-state index in [1.807, 2.05) is 19.9 Å². The van der Waals surface area contributed by atoms with Crippen LogP contribution >= 0.6 is 0 Å². The molecule has 1 N–H and O–H groups in total. The summed E-state index contributed by atoms with van der Waals surface area (Å²) in [7, 11) is 0. The number of aliphatic carboxylic acids is 1. The Kier molecular flexibility index (Phi) is 6.83. The van der Waals surface area contributed by atoms with Gasteiger partial charge < -0.3 is 14.3 Å². The first-order chi connectivity index (χ1) is 16.2. The maximum atomic E-state index is 11.6. The van der Waals surface area contributed by atoms with Gasteiger partial charge in [-0.15, -0.1) is 0 Å². The summed E-state index contributed by atoms with van der Waals surface area (Å²) in [6.45, 7) is 11.0. The van der Waals surface area contributed by atoms with Crippen LogP contribution in [0.15, 0.2) is 46.9 Å².